The maximum absolute atomic E-state index is 13.4. The van der Waals surface area contributed by atoms with E-state index in [-0.39, 0.29) is 0 Å². The molecule has 0 bridgehead atoms. The van der Waals surface area contributed by atoms with Crippen LogP contribution < -0.4 is 10.6 Å². The van der Waals surface area contributed by atoms with Crippen LogP contribution in [0.1, 0.15) is 27.7 Å². The fourth-order valence-electron chi connectivity index (χ4n) is 12.3. The molecule has 8 heterocycles. The number of aliphatic hydroxyl groups is 21. The number of rotatable bonds is 24. The zero-order valence-electron chi connectivity index (χ0n) is 51.7. The Morgan fingerprint density at radius 2 is 0.639 bits per heavy atom. The average molecular weight is 1450 g/mol. The quantitative estimate of drug-likeness (QED) is 0.0399. The van der Waals surface area contributed by atoms with E-state index >= 15 is 0 Å². The predicted molar refractivity (Wildman–Crippen MR) is 295 cm³/mol. The van der Waals surface area contributed by atoms with Crippen LogP contribution in [0.3, 0.4) is 0 Å². The Labute approximate surface area is 549 Å². The highest BCUT2D eigenvalue weighted by molar-refractivity contribution is 7.80. The third-order valence-electron chi connectivity index (χ3n) is 17.6. The summed E-state index contributed by atoms with van der Waals surface area (Å²) in [7, 11) is -5.61. The summed E-state index contributed by atoms with van der Waals surface area (Å²) in [5.41, 5.74) is 0. The van der Waals surface area contributed by atoms with Crippen LogP contribution in [0, 0.1) is 0 Å². The van der Waals surface area contributed by atoms with Gasteiger partial charge in [0.05, 0.1) is 51.8 Å². The van der Waals surface area contributed by atoms with E-state index in [1.807, 2.05) is 0 Å². The summed E-state index contributed by atoms with van der Waals surface area (Å²) in [4.78, 5) is 26.7. The first-order valence-electron chi connectivity index (χ1n) is 30.5. The first-order chi connectivity index (χ1) is 45.6. The van der Waals surface area contributed by atoms with E-state index in [1.165, 1.54) is 13.8 Å². The van der Waals surface area contributed by atoms with E-state index in [0.29, 0.717) is 0 Å². The summed E-state index contributed by atoms with van der Waals surface area (Å²) < 4.78 is 128. The Balaban J connectivity index is 1.18. The second-order valence-electron chi connectivity index (χ2n) is 24.3. The van der Waals surface area contributed by atoms with Crippen molar-refractivity contribution in [3.63, 3.8) is 0 Å². The minimum Gasteiger partial charge on any atom is -0.394 e. The molecule has 24 N–H and O–H groups in total. The lowest BCUT2D eigenvalue weighted by Crippen LogP contribution is -2.72. The third kappa shape index (κ3) is 17.8. The van der Waals surface area contributed by atoms with Crippen molar-refractivity contribution in [1.29, 1.82) is 0 Å². The number of hydrogen-bond donors (Lipinski definition) is 24. The molecule has 8 aliphatic rings. The zero-order chi connectivity index (χ0) is 71.7. The largest absolute Gasteiger partial charge is 0.397 e. The second kappa shape index (κ2) is 33.9. The van der Waals surface area contributed by atoms with Crippen molar-refractivity contribution >= 4 is 22.2 Å². The summed E-state index contributed by atoms with van der Waals surface area (Å²) in [6, 6.07) is -4.14. The van der Waals surface area contributed by atoms with E-state index < -0.39 is 307 Å². The molecule has 564 valence electrons. The summed E-state index contributed by atoms with van der Waals surface area (Å²) in [6.45, 7) is -2.84. The average Bonchev–Trinajstić information content (AvgIpc) is 0.763. The maximum atomic E-state index is 13.4. The summed E-state index contributed by atoms with van der Waals surface area (Å²) >= 11 is 0. The van der Waals surface area contributed by atoms with Crippen molar-refractivity contribution in [2.24, 2.45) is 0 Å². The van der Waals surface area contributed by atoms with Gasteiger partial charge in [0.15, 0.2) is 50.3 Å². The lowest BCUT2D eigenvalue weighted by atomic mass is 9.93. The minimum absolute atomic E-state index is 0.874. The molecule has 8 rings (SSSR count). The molecule has 0 aliphatic carbocycles. The molecule has 8 saturated heterocycles. The molecular formula is C52H88N2O42S. The number of amides is 2. The highest BCUT2D eigenvalue weighted by Gasteiger charge is 2.61. The first-order valence-corrected chi connectivity index (χ1v) is 31.9. The molecule has 0 aromatic rings. The molecule has 0 spiro atoms. The van der Waals surface area contributed by atoms with E-state index in [1.54, 1.807) is 0 Å². The van der Waals surface area contributed by atoms with Gasteiger partial charge in [0, 0.05) is 13.8 Å². The third-order valence-corrected chi connectivity index (χ3v) is 18.0. The van der Waals surface area contributed by atoms with E-state index in [0.717, 1.165) is 13.8 Å². The number of ether oxygens (including phenoxy) is 15. The highest BCUT2D eigenvalue weighted by atomic mass is 32.3. The normalized spacial score (nSPS) is 50.2. The van der Waals surface area contributed by atoms with Gasteiger partial charge < -0.3 is 189 Å². The lowest BCUT2D eigenvalue weighted by molar-refractivity contribution is -0.399. The van der Waals surface area contributed by atoms with E-state index in [2.05, 4.69) is 10.6 Å². The Morgan fingerprint density at radius 3 is 1.03 bits per heavy atom. The summed E-state index contributed by atoms with van der Waals surface area (Å²) in [6.07, 6.45) is -79.0. The van der Waals surface area contributed by atoms with Crippen molar-refractivity contribution < 1.29 is 205 Å². The summed E-state index contributed by atoms with van der Waals surface area (Å²) in [5, 5.41) is 234. The topological polar surface area (TPSA) is 685 Å². The summed E-state index contributed by atoms with van der Waals surface area (Å²) in [5.74, 6) is -2.06. The fourth-order valence-corrected chi connectivity index (χ4v) is 12.6. The molecule has 0 aromatic carbocycles. The van der Waals surface area contributed by atoms with Crippen LogP contribution in [0.2, 0.25) is 0 Å². The van der Waals surface area contributed by atoms with Crippen LogP contribution >= 0.6 is 0 Å². The highest BCUT2D eigenvalue weighted by Crippen LogP contribution is 2.40. The van der Waals surface area contributed by atoms with Gasteiger partial charge in [0.1, 0.15) is 183 Å². The van der Waals surface area contributed by atoms with Crippen molar-refractivity contribution in [1.82, 2.24) is 10.6 Å². The van der Waals surface area contributed by atoms with Crippen molar-refractivity contribution in [3.8, 4) is 0 Å². The van der Waals surface area contributed by atoms with Crippen LogP contribution in [-0.4, -0.2) is 417 Å². The monoisotopic (exact) mass is 1440 g/mol. The molecule has 0 saturated carbocycles. The van der Waals surface area contributed by atoms with Crippen LogP contribution in [0.25, 0.3) is 0 Å². The molecular weight excluding hydrogens is 1360 g/mol. The van der Waals surface area contributed by atoms with Crippen LogP contribution in [0.15, 0.2) is 0 Å². The Morgan fingerprint density at radius 1 is 0.330 bits per heavy atom. The lowest BCUT2D eigenvalue weighted by Gasteiger charge is -2.52. The number of carbonyl (C=O) groups is 2. The number of hydrogen-bond acceptors (Lipinski definition) is 41. The van der Waals surface area contributed by atoms with Gasteiger partial charge in [-0.25, -0.2) is 4.18 Å². The molecule has 0 unspecified atom stereocenters. The van der Waals surface area contributed by atoms with Gasteiger partial charge in [-0.1, -0.05) is 0 Å². The Bertz CT molecular complexity index is 2610. The number of aliphatic hydroxyl groups excluding tert-OH is 21. The van der Waals surface area contributed by atoms with E-state index in [4.69, 9.17) is 75.2 Å². The Hall–Kier alpha value is -2.63. The standard InChI is InChI=1S/C52H88N2O42S/c1-11-23(62)28(67)33(72)48(82-11)91-39-19(9-59)88-46(21(53-13(3)60)41(39)94-50-35(74)30(69)25(64)15(5-55)85-50)95-44-27(66)17(7-57)87-52(37(44)76)92-40-20(10-81-97(78,79)80)89-47(22(54-14(4)61)42(40)93-49-34(73)29(68)24(63)12(2)83-49)96-43-26(65)16(6-56)86-51(36(43)75)90-38-18(8-58)84-45(77)32(71)31(38)70/h11-12,15-52,55-59,62-77H,5-10H2,1-4H3,(H,53,60)(H,54,61)(H,78,79,80)/t11-,12-,15+,16+,17+,18+,19+,20+,21+,22+,23+,24+,25-,26-,27-,28+,29+,30-,31+,32+,33-,34-,35+,36+,37+,38+,39+,40+,41+,42+,43-,44-,45-,46-,47-,48-,49-,50-,51-,52-/m0/s1. The van der Waals surface area contributed by atoms with Crippen molar-refractivity contribution in [2.75, 3.05) is 39.6 Å². The molecule has 8 aliphatic heterocycles. The predicted octanol–water partition coefficient (Wildman–Crippen LogP) is -16.3. The van der Waals surface area contributed by atoms with Gasteiger partial charge in [0.25, 0.3) is 0 Å². The molecule has 2 amide bonds. The van der Waals surface area contributed by atoms with Crippen molar-refractivity contribution in [2.45, 2.75) is 273 Å². The van der Waals surface area contributed by atoms with Crippen molar-refractivity contribution in [3.05, 3.63) is 0 Å². The molecule has 45 heteroatoms. The van der Waals surface area contributed by atoms with E-state index in [9.17, 15) is 130 Å². The van der Waals surface area contributed by atoms with Gasteiger partial charge in [0.2, 0.25) is 11.8 Å². The smallest absolute Gasteiger partial charge is 0.394 e. The second-order valence-corrected chi connectivity index (χ2v) is 25.4. The number of carbonyl (C=O) groups excluding carboxylic acids is 2. The molecule has 8 fully saturated rings. The van der Waals surface area contributed by atoms with Gasteiger partial charge in [-0.2, -0.15) is 8.42 Å². The van der Waals surface area contributed by atoms with Gasteiger partial charge in [-0.15, -0.1) is 0 Å². The van der Waals surface area contributed by atoms with Gasteiger partial charge >= 0.3 is 10.4 Å². The SMILES string of the molecule is CC(=O)N[C@H]1[C@H](O[C@H]2[C@@H](O)[C@@H](CO)O[C@@H](O[C@H]3[C@H](O[C@@H]4O[C@@H](C)[C@@H](O)[C@@H](O)[C@@H]4O)[C@@H](NC(C)=O)[C@H](O[C@H]4[C@@H](O)[C@@H](CO)O[C@@H](O[C@H]5[C@H](O)[C@@H](O)[C@@H](O)O[C@@H]5CO)[C@@H]4O)O[C@@H]3COS(=O)(=O)O)[C@@H]2O)O[C@H](CO)[C@@H](O[C@@H]2O[C@@H](C)[C@@H](O)[C@@H](O)[C@@H]2O)[C@@H]1O[C@@H]1O[C@H](CO)[C@H](O)[C@H](O)[C@H]1O. The van der Waals surface area contributed by atoms with Crippen LogP contribution in [-0.2, 0) is 95.2 Å². The number of nitrogens with one attached hydrogen (secondary N) is 2. The van der Waals surface area contributed by atoms with Gasteiger partial charge in [-0.3, -0.25) is 14.1 Å². The van der Waals surface area contributed by atoms with Crippen LogP contribution in [0.5, 0.6) is 0 Å². The molecule has 40 atom stereocenters. The zero-order valence-corrected chi connectivity index (χ0v) is 52.6. The molecule has 44 nitrogen and oxygen atoms in total. The molecule has 0 radical (unpaired) electrons. The maximum Gasteiger partial charge on any atom is 0.397 e. The fraction of sp³-hybridized carbons (Fsp3) is 0.962. The first kappa shape index (κ1) is 80.1. The molecule has 0 aromatic heterocycles. The minimum atomic E-state index is -5.61. The van der Waals surface area contributed by atoms with Gasteiger partial charge in [-0.05, 0) is 13.8 Å². The van der Waals surface area contributed by atoms with Crippen LogP contribution in [0.4, 0.5) is 0 Å². The molecule has 97 heavy (non-hydrogen) atoms. The Kier molecular flexibility index (Phi) is 28.0.